The first-order valence-electron chi connectivity index (χ1n) is 11.3. The number of carbonyl (C=O) groups is 2. The van der Waals surface area contributed by atoms with Crippen molar-refractivity contribution in [1.82, 2.24) is 9.55 Å². The van der Waals surface area contributed by atoms with Gasteiger partial charge in [0.25, 0.3) is 17.4 Å². The highest BCUT2D eigenvalue weighted by Gasteiger charge is 2.26. The van der Waals surface area contributed by atoms with E-state index in [1.54, 1.807) is 24.3 Å². The van der Waals surface area contributed by atoms with Crippen molar-refractivity contribution in [2.75, 3.05) is 29.1 Å². The minimum atomic E-state index is -0.713. The number of hydrogen-bond donors (Lipinski definition) is 3. The van der Waals surface area contributed by atoms with Gasteiger partial charge in [0, 0.05) is 30.9 Å². The second-order valence-corrected chi connectivity index (χ2v) is 8.03. The first-order chi connectivity index (χ1) is 15.9. The van der Waals surface area contributed by atoms with Crippen molar-refractivity contribution in [3.8, 4) is 0 Å². The number of unbranched alkanes of at least 4 members (excludes halogenated alkanes) is 1. The highest BCUT2D eigenvalue weighted by atomic mass is 16.5. The highest BCUT2D eigenvalue weighted by Crippen LogP contribution is 2.22. The van der Waals surface area contributed by atoms with Crippen molar-refractivity contribution in [2.45, 2.75) is 58.6 Å². The first-order valence-corrected chi connectivity index (χ1v) is 11.3. The Morgan fingerprint density at radius 1 is 1.27 bits per heavy atom. The number of hydrogen-bond acceptors (Lipinski definition) is 6. The molecule has 10 nitrogen and oxygen atoms in total. The van der Waals surface area contributed by atoms with Crippen molar-refractivity contribution in [3.05, 3.63) is 50.7 Å². The second kappa shape index (κ2) is 11.0. The molecule has 1 aliphatic heterocycles. The van der Waals surface area contributed by atoms with Gasteiger partial charge in [0.15, 0.2) is 5.69 Å². The van der Waals surface area contributed by atoms with Crippen LogP contribution < -0.4 is 27.2 Å². The number of nitrogens with zero attached hydrogens (tertiary/aromatic N) is 2. The van der Waals surface area contributed by atoms with Gasteiger partial charge in [-0.3, -0.25) is 23.9 Å². The molecule has 2 amide bonds. The summed E-state index contributed by atoms with van der Waals surface area (Å²) in [6.07, 6.45) is 3.09. The Balaban J connectivity index is 1.93. The number of H-pyrrole nitrogens is 1. The van der Waals surface area contributed by atoms with Gasteiger partial charge >= 0.3 is 5.69 Å². The number of carbonyl (C=O) groups excluding carboxylic acids is 2. The van der Waals surface area contributed by atoms with Crippen molar-refractivity contribution in [1.29, 1.82) is 0 Å². The van der Waals surface area contributed by atoms with Crippen LogP contribution in [0, 0.1) is 0 Å². The molecule has 1 aliphatic rings. The zero-order valence-corrected chi connectivity index (χ0v) is 19.1. The van der Waals surface area contributed by atoms with E-state index in [1.165, 1.54) is 9.47 Å². The molecule has 1 atom stereocenters. The molecule has 0 spiro atoms. The van der Waals surface area contributed by atoms with Crippen LogP contribution in [0.3, 0.4) is 0 Å². The molecule has 0 radical (unpaired) electrons. The Kier molecular flexibility index (Phi) is 8.05. The fourth-order valence-electron chi connectivity index (χ4n) is 3.81. The molecular formula is C23H31N5O5. The Morgan fingerprint density at radius 3 is 2.73 bits per heavy atom. The van der Waals surface area contributed by atoms with Crippen LogP contribution in [0.1, 0.15) is 56.3 Å². The number of benzene rings is 1. The van der Waals surface area contributed by atoms with E-state index >= 15 is 0 Å². The van der Waals surface area contributed by atoms with Gasteiger partial charge in [-0.25, -0.2) is 4.79 Å². The molecule has 2 heterocycles. The van der Waals surface area contributed by atoms with E-state index in [4.69, 9.17) is 10.5 Å². The average molecular weight is 458 g/mol. The summed E-state index contributed by atoms with van der Waals surface area (Å²) in [6, 6.07) is 6.48. The van der Waals surface area contributed by atoms with Crippen molar-refractivity contribution in [2.24, 2.45) is 0 Å². The summed E-state index contributed by atoms with van der Waals surface area (Å²) in [5.41, 5.74) is 5.58. The molecule has 1 aromatic carbocycles. The van der Waals surface area contributed by atoms with Crippen LogP contribution in [0.2, 0.25) is 0 Å². The van der Waals surface area contributed by atoms with Crippen LogP contribution in [-0.4, -0.2) is 40.6 Å². The van der Waals surface area contributed by atoms with Crippen LogP contribution in [-0.2, 0) is 16.1 Å². The maximum absolute atomic E-state index is 13.4. The van der Waals surface area contributed by atoms with Crippen molar-refractivity contribution in [3.63, 3.8) is 0 Å². The van der Waals surface area contributed by atoms with E-state index in [9.17, 15) is 19.2 Å². The third-order valence-corrected chi connectivity index (χ3v) is 5.51. The van der Waals surface area contributed by atoms with Gasteiger partial charge in [-0.05, 0) is 43.9 Å². The van der Waals surface area contributed by atoms with E-state index in [0.29, 0.717) is 38.1 Å². The zero-order valence-electron chi connectivity index (χ0n) is 19.1. The Bertz CT molecular complexity index is 1120. The molecule has 10 heteroatoms. The Hall–Kier alpha value is -3.40. The molecule has 178 valence electrons. The van der Waals surface area contributed by atoms with Gasteiger partial charge in [0.05, 0.1) is 0 Å². The summed E-state index contributed by atoms with van der Waals surface area (Å²) >= 11 is 0. The number of rotatable bonds is 9. The van der Waals surface area contributed by atoms with E-state index in [2.05, 4.69) is 10.3 Å². The molecule has 1 saturated heterocycles. The van der Waals surface area contributed by atoms with E-state index in [-0.39, 0.29) is 29.5 Å². The summed E-state index contributed by atoms with van der Waals surface area (Å²) in [5, 5.41) is 2.78. The number of ether oxygens (including phenoxy) is 1. The smallest absolute Gasteiger partial charge is 0.330 e. The quantitative estimate of drug-likeness (QED) is 0.527. The predicted molar refractivity (Wildman–Crippen MR) is 127 cm³/mol. The van der Waals surface area contributed by atoms with E-state index in [1.807, 2.05) is 13.8 Å². The topological polar surface area (TPSA) is 140 Å². The van der Waals surface area contributed by atoms with Crippen LogP contribution in [0.4, 0.5) is 17.2 Å². The fourth-order valence-corrected chi connectivity index (χ4v) is 3.81. The molecule has 0 bridgehead atoms. The third kappa shape index (κ3) is 5.51. The lowest BCUT2D eigenvalue weighted by atomic mass is 10.1. The van der Waals surface area contributed by atoms with Gasteiger partial charge in [0.1, 0.15) is 11.9 Å². The zero-order chi connectivity index (χ0) is 24.0. The Labute approximate surface area is 191 Å². The molecule has 1 unspecified atom stereocenters. The average Bonchev–Trinajstić information content (AvgIpc) is 3.33. The molecule has 2 aromatic rings. The van der Waals surface area contributed by atoms with E-state index < -0.39 is 23.3 Å². The van der Waals surface area contributed by atoms with Crippen LogP contribution >= 0.6 is 0 Å². The minimum Gasteiger partial charge on any atom is -0.383 e. The van der Waals surface area contributed by atoms with Gasteiger partial charge in [-0.15, -0.1) is 0 Å². The third-order valence-electron chi connectivity index (χ3n) is 5.51. The van der Waals surface area contributed by atoms with Gasteiger partial charge in [0.2, 0.25) is 0 Å². The normalized spacial score (nSPS) is 15.4. The number of aromatic amines is 1. The maximum Gasteiger partial charge on any atom is 0.330 e. The van der Waals surface area contributed by atoms with E-state index in [0.717, 1.165) is 12.8 Å². The number of nitrogen functional groups attached to an aromatic ring is 1. The number of aromatic nitrogens is 2. The van der Waals surface area contributed by atoms with Crippen molar-refractivity contribution >= 4 is 29.0 Å². The first kappa shape index (κ1) is 24.2. The van der Waals surface area contributed by atoms with Gasteiger partial charge in [-0.1, -0.05) is 26.3 Å². The number of anilines is 3. The summed E-state index contributed by atoms with van der Waals surface area (Å²) in [5.74, 6) is -0.754. The lowest BCUT2D eigenvalue weighted by Crippen LogP contribution is -2.41. The molecule has 4 N–H and O–H groups in total. The summed E-state index contributed by atoms with van der Waals surface area (Å²) in [7, 11) is 0. The SMILES string of the molecule is CCCCn1c(N)c(N(CCC)C(=O)c2cccc(NC(=O)C3CCCO3)c2)c(=O)[nH]c1=O. The predicted octanol–water partition coefficient (Wildman–Crippen LogP) is 2.09. The summed E-state index contributed by atoms with van der Waals surface area (Å²) < 4.78 is 6.69. The standard InChI is InChI=1S/C23H31N5O5/c1-3-5-12-28-19(24)18(21(30)26-23(28)32)27(11-4-2)22(31)15-8-6-9-16(14-15)25-20(29)17-10-7-13-33-17/h6,8-9,14,17H,3-5,7,10-13,24H2,1-2H3,(H,25,29)(H,26,30,32). The van der Waals surface area contributed by atoms with Crippen LogP contribution in [0.25, 0.3) is 0 Å². The monoisotopic (exact) mass is 457 g/mol. The van der Waals surface area contributed by atoms with Gasteiger partial charge < -0.3 is 20.7 Å². The highest BCUT2D eigenvalue weighted by molar-refractivity contribution is 6.08. The minimum absolute atomic E-state index is 0.0400. The molecule has 3 rings (SSSR count). The Morgan fingerprint density at radius 2 is 2.06 bits per heavy atom. The number of nitrogens with one attached hydrogen (secondary N) is 2. The summed E-state index contributed by atoms with van der Waals surface area (Å²) in [4.78, 5) is 54.3. The molecule has 0 saturated carbocycles. The molecule has 33 heavy (non-hydrogen) atoms. The van der Waals surface area contributed by atoms with Gasteiger partial charge in [-0.2, -0.15) is 0 Å². The lowest BCUT2D eigenvalue weighted by molar-refractivity contribution is -0.124. The summed E-state index contributed by atoms with van der Waals surface area (Å²) in [6.45, 7) is 4.97. The van der Waals surface area contributed by atoms with Crippen LogP contribution in [0.5, 0.6) is 0 Å². The number of nitrogens with two attached hydrogens (primary N) is 1. The molecule has 0 aliphatic carbocycles. The van der Waals surface area contributed by atoms with Crippen LogP contribution in [0.15, 0.2) is 33.9 Å². The molecule has 1 fully saturated rings. The van der Waals surface area contributed by atoms with Crippen molar-refractivity contribution < 1.29 is 14.3 Å². The molecular weight excluding hydrogens is 426 g/mol. The molecule has 1 aromatic heterocycles. The fraction of sp³-hybridized carbons (Fsp3) is 0.478. The number of amides is 2. The largest absolute Gasteiger partial charge is 0.383 e. The maximum atomic E-state index is 13.4. The lowest BCUT2D eigenvalue weighted by Gasteiger charge is -2.24. The second-order valence-electron chi connectivity index (χ2n) is 8.03.